The first kappa shape index (κ1) is 11.6. The van der Waals surface area contributed by atoms with Gasteiger partial charge in [-0.25, -0.2) is 0 Å². The third-order valence-corrected chi connectivity index (χ3v) is 4.66. The van der Waals surface area contributed by atoms with Crippen molar-refractivity contribution < 1.29 is 4.79 Å². The molecule has 2 aliphatic heterocycles. The SMILES string of the molecule is O=C(C1CSCN1)N1CCc2ccc(Br)cc21. The number of halogens is 1. The van der Waals surface area contributed by atoms with Gasteiger partial charge >= 0.3 is 0 Å². The van der Waals surface area contributed by atoms with Crippen molar-refractivity contribution in [3.63, 3.8) is 0 Å². The molecule has 2 heterocycles. The highest BCUT2D eigenvalue weighted by molar-refractivity contribution is 9.10. The molecule has 5 heteroatoms. The molecule has 0 aromatic heterocycles. The van der Waals surface area contributed by atoms with Crippen LogP contribution in [0.15, 0.2) is 22.7 Å². The van der Waals surface area contributed by atoms with Crippen LogP contribution in [0.3, 0.4) is 0 Å². The van der Waals surface area contributed by atoms with E-state index in [1.807, 2.05) is 17.0 Å². The summed E-state index contributed by atoms with van der Waals surface area (Å²) < 4.78 is 1.03. The highest BCUT2D eigenvalue weighted by Crippen LogP contribution is 2.31. The van der Waals surface area contributed by atoms with Crippen molar-refractivity contribution in [3.8, 4) is 0 Å². The van der Waals surface area contributed by atoms with Gasteiger partial charge in [0.1, 0.15) is 0 Å². The molecule has 17 heavy (non-hydrogen) atoms. The smallest absolute Gasteiger partial charge is 0.245 e. The van der Waals surface area contributed by atoms with Gasteiger partial charge in [-0.3, -0.25) is 10.1 Å². The zero-order chi connectivity index (χ0) is 11.8. The van der Waals surface area contributed by atoms with E-state index >= 15 is 0 Å². The molecule has 1 saturated heterocycles. The predicted molar refractivity (Wildman–Crippen MR) is 74.4 cm³/mol. The van der Waals surface area contributed by atoms with Gasteiger partial charge in [0.05, 0.1) is 6.04 Å². The Morgan fingerprint density at radius 2 is 2.41 bits per heavy atom. The van der Waals surface area contributed by atoms with Crippen molar-refractivity contribution in [1.29, 1.82) is 0 Å². The monoisotopic (exact) mass is 312 g/mol. The van der Waals surface area contributed by atoms with Crippen LogP contribution in [0.4, 0.5) is 5.69 Å². The number of fused-ring (bicyclic) bond motifs is 1. The average molecular weight is 313 g/mol. The number of anilines is 1. The Morgan fingerprint density at radius 1 is 1.53 bits per heavy atom. The van der Waals surface area contributed by atoms with Crippen LogP contribution < -0.4 is 10.2 Å². The van der Waals surface area contributed by atoms with Gasteiger partial charge in [-0.05, 0) is 24.1 Å². The maximum Gasteiger partial charge on any atom is 0.245 e. The zero-order valence-corrected chi connectivity index (χ0v) is 11.7. The zero-order valence-electron chi connectivity index (χ0n) is 9.28. The van der Waals surface area contributed by atoms with Gasteiger partial charge in [0, 0.05) is 28.3 Å². The highest BCUT2D eigenvalue weighted by atomic mass is 79.9. The van der Waals surface area contributed by atoms with Gasteiger partial charge in [0.15, 0.2) is 0 Å². The van der Waals surface area contributed by atoms with Crippen molar-refractivity contribution in [3.05, 3.63) is 28.2 Å². The molecule has 0 spiro atoms. The van der Waals surface area contributed by atoms with Crippen molar-refractivity contribution in [2.24, 2.45) is 0 Å². The summed E-state index contributed by atoms with van der Waals surface area (Å²) in [6, 6.07) is 6.17. The third kappa shape index (κ3) is 2.11. The van der Waals surface area contributed by atoms with Crippen LogP contribution in [0.1, 0.15) is 5.56 Å². The number of benzene rings is 1. The average Bonchev–Trinajstić information content (AvgIpc) is 2.97. The second kappa shape index (κ2) is 4.63. The summed E-state index contributed by atoms with van der Waals surface area (Å²) in [5.74, 6) is 1.99. The maximum absolute atomic E-state index is 12.4. The molecule has 1 unspecified atom stereocenters. The number of rotatable bonds is 1. The van der Waals surface area contributed by atoms with E-state index in [0.717, 1.165) is 34.8 Å². The summed E-state index contributed by atoms with van der Waals surface area (Å²) in [7, 11) is 0. The minimum absolute atomic E-state index is 0.00932. The topological polar surface area (TPSA) is 32.3 Å². The molecule has 2 aliphatic rings. The summed E-state index contributed by atoms with van der Waals surface area (Å²) in [6.45, 7) is 0.813. The van der Waals surface area contributed by atoms with E-state index in [2.05, 4.69) is 27.3 Å². The summed E-state index contributed by atoms with van der Waals surface area (Å²) in [5.41, 5.74) is 2.34. The molecular formula is C12H13BrN2OS. The number of nitrogens with zero attached hydrogens (tertiary/aromatic N) is 1. The van der Waals surface area contributed by atoms with Crippen molar-refractivity contribution in [2.45, 2.75) is 12.5 Å². The Balaban J connectivity index is 1.87. The number of hydrogen-bond acceptors (Lipinski definition) is 3. The molecule has 0 aliphatic carbocycles. The maximum atomic E-state index is 12.4. The van der Waals surface area contributed by atoms with Gasteiger partial charge in [0.25, 0.3) is 0 Å². The number of thioether (sulfide) groups is 1. The van der Waals surface area contributed by atoms with Crippen LogP contribution >= 0.6 is 27.7 Å². The number of carbonyl (C=O) groups excluding carboxylic acids is 1. The fourth-order valence-electron chi connectivity index (χ4n) is 2.32. The first-order chi connectivity index (χ1) is 8.25. The molecule has 1 atom stereocenters. The molecule has 1 fully saturated rings. The largest absolute Gasteiger partial charge is 0.310 e. The van der Waals surface area contributed by atoms with Gasteiger partial charge in [0.2, 0.25) is 5.91 Å². The molecule has 3 rings (SSSR count). The van der Waals surface area contributed by atoms with Crippen molar-refractivity contribution in [1.82, 2.24) is 5.32 Å². The van der Waals surface area contributed by atoms with Crippen LogP contribution in [0.25, 0.3) is 0 Å². The second-order valence-electron chi connectivity index (χ2n) is 4.28. The first-order valence-electron chi connectivity index (χ1n) is 5.66. The molecule has 1 aromatic rings. The van der Waals surface area contributed by atoms with Crippen LogP contribution in [0, 0.1) is 0 Å². The fraction of sp³-hybridized carbons (Fsp3) is 0.417. The molecule has 0 radical (unpaired) electrons. The summed E-state index contributed by atoms with van der Waals surface area (Å²) >= 11 is 5.25. The van der Waals surface area contributed by atoms with E-state index in [1.165, 1.54) is 5.56 Å². The van der Waals surface area contributed by atoms with Crippen molar-refractivity contribution in [2.75, 3.05) is 23.1 Å². The fourth-order valence-corrected chi connectivity index (χ4v) is 3.61. The first-order valence-corrected chi connectivity index (χ1v) is 7.61. The summed E-state index contributed by atoms with van der Waals surface area (Å²) in [6.07, 6.45) is 0.966. The van der Waals surface area contributed by atoms with Crippen LogP contribution in [-0.2, 0) is 11.2 Å². The molecule has 0 bridgehead atoms. The Bertz CT molecular complexity index is 460. The molecule has 0 saturated carbocycles. The minimum Gasteiger partial charge on any atom is -0.310 e. The summed E-state index contributed by atoms with van der Waals surface area (Å²) in [4.78, 5) is 14.3. The number of nitrogens with one attached hydrogen (secondary N) is 1. The van der Waals surface area contributed by atoms with E-state index in [-0.39, 0.29) is 11.9 Å². The van der Waals surface area contributed by atoms with E-state index < -0.39 is 0 Å². The molecule has 1 N–H and O–H groups in total. The molecule has 90 valence electrons. The number of amides is 1. The van der Waals surface area contributed by atoms with Gasteiger partial charge < -0.3 is 4.90 Å². The Hall–Kier alpha value is -0.520. The van der Waals surface area contributed by atoms with E-state index in [1.54, 1.807) is 11.8 Å². The lowest BCUT2D eigenvalue weighted by molar-refractivity contribution is -0.119. The number of carbonyl (C=O) groups is 1. The lowest BCUT2D eigenvalue weighted by Gasteiger charge is -2.21. The van der Waals surface area contributed by atoms with E-state index in [9.17, 15) is 4.79 Å². The van der Waals surface area contributed by atoms with Gasteiger partial charge in [-0.15, -0.1) is 11.8 Å². The van der Waals surface area contributed by atoms with E-state index in [4.69, 9.17) is 0 Å². The molecule has 3 nitrogen and oxygen atoms in total. The van der Waals surface area contributed by atoms with Crippen molar-refractivity contribution >= 4 is 39.3 Å². The molecular weight excluding hydrogens is 300 g/mol. The molecule has 1 amide bonds. The second-order valence-corrected chi connectivity index (χ2v) is 6.23. The van der Waals surface area contributed by atoms with E-state index in [0.29, 0.717) is 0 Å². The Labute approximate surface area is 113 Å². The molecule has 1 aromatic carbocycles. The lowest BCUT2D eigenvalue weighted by atomic mass is 10.2. The van der Waals surface area contributed by atoms with Gasteiger partial charge in [-0.1, -0.05) is 22.0 Å². The Morgan fingerprint density at radius 3 is 3.18 bits per heavy atom. The van der Waals surface area contributed by atoms with Crippen LogP contribution in [0.2, 0.25) is 0 Å². The lowest BCUT2D eigenvalue weighted by Crippen LogP contribution is -2.44. The quantitative estimate of drug-likeness (QED) is 0.861. The van der Waals surface area contributed by atoms with Crippen LogP contribution in [0.5, 0.6) is 0 Å². The normalized spacial score (nSPS) is 22.9. The van der Waals surface area contributed by atoms with Crippen LogP contribution in [-0.4, -0.2) is 30.1 Å². The third-order valence-electron chi connectivity index (χ3n) is 3.22. The standard InChI is InChI=1S/C12H13BrN2OS/c13-9-2-1-8-3-4-15(11(8)5-9)12(16)10-6-17-7-14-10/h1-2,5,10,14H,3-4,6-7H2. The number of hydrogen-bond donors (Lipinski definition) is 1. The predicted octanol–water partition coefficient (Wildman–Crippen LogP) is 2.00. The van der Waals surface area contributed by atoms with Gasteiger partial charge in [-0.2, -0.15) is 0 Å². The highest BCUT2D eigenvalue weighted by Gasteiger charge is 2.31. The minimum atomic E-state index is -0.00932. The summed E-state index contributed by atoms with van der Waals surface area (Å²) in [5, 5.41) is 3.24. The Kier molecular flexibility index (Phi) is 3.15.